The van der Waals surface area contributed by atoms with Crippen molar-refractivity contribution in [3.8, 4) is 11.3 Å². The molecule has 0 aliphatic heterocycles. The van der Waals surface area contributed by atoms with Crippen molar-refractivity contribution in [1.82, 2.24) is 4.98 Å². The molecule has 0 aliphatic carbocycles. The van der Waals surface area contributed by atoms with E-state index in [1.807, 2.05) is 49.4 Å². The average Bonchev–Trinajstić information content (AvgIpc) is 2.94. The van der Waals surface area contributed by atoms with E-state index in [1.165, 1.54) is 4.88 Å². The van der Waals surface area contributed by atoms with Crippen LogP contribution in [-0.4, -0.2) is 23.5 Å². The largest absolute Gasteiger partial charge is 0.425 e. The molecule has 2 aromatic carbocycles. The highest BCUT2D eigenvalue weighted by atomic mass is 32.2. The summed E-state index contributed by atoms with van der Waals surface area (Å²) in [5, 5.41) is 3.96. The molecule has 134 valence electrons. The Morgan fingerprint density at radius 3 is 2.04 bits per heavy atom. The van der Waals surface area contributed by atoms with E-state index < -0.39 is 10.6 Å². The van der Waals surface area contributed by atoms with Gasteiger partial charge in [-0.15, -0.1) is 24.0 Å². The van der Waals surface area contributed by atoms with Gasteiger partial charge < -0.3 is 5.32 Å². The Morgan fingerprint density at radius 1 is 0.962 bits per heavy atom. The van der Waals surface area contributed by atoms with Crippen LogP contribution in [-0.2, 0) is 10.6 Å². The van der Waals surface area contributed by atoms with Gasteiger partial charge in [0.05, 0.1) is 10.7 Å². The molecule has 0 aliphatic rings. The fourth-order valence-corrected chi connectivity index (χ4v) is 3.14. The molecule has 8 heteroatoms. The van der Waals surface area contributed by atoms with Crippen LogP contribution in [0.2, 0.25) is 0 Å². The zero-order chi connectivity index (χ0) is 19.1. The van der Waals surface area contributed by atoms with E-state index >= 15 is 0 Å². The monoisotopic (exact) mass is 388 g/mol. The van der Waals surface area contributed by atoms with E-state index in [2.05, 4.69) is 17.2 Å². The van der Waals surface area contributed by atoms with Crippen LogP contribution in [0.25, 0.3) is 11.3 Å². The zero-order valence-corrected chi connectivity index (χ0v) is 15.7. The third-order valence-corrected chi connectivity index (χ3v) is 4.24. The Labute approximate surface area is 156 Å². The van der Waals surface area contributed by atoms with Crippen molar-refractivity contribution in [2.24, 2.45) is 0 Å². The van der Waals surface area contributed by atoms with Crippen molar-refractivity contribution in [3.05, 3.63) is 70.0 Å². The molecule has 0 unspecified atom stereocenters. The zero-order valence-electron chi connectivity index (χ0n) is 14.1. The fraction of sp³-hybridized carbons (Fsp3) is 0.111. The summed E-state index contributed by atoms with van der Waals surface area (Å²) < 4.78 is 25.3. The number of nitrogens with one attached hydrogen (secondary N) is 1. The first-order valence-corrected chi connectivity index (χ1v) is 9.36. The second-order valence-electron chi connectivity index (χ2n) is 5.24. The van der Waals surface area contributed by atoms with E-state index in [0.717, 1.165) is 22.0 Å². The lowest BCUT2D eigenvalue weighted by molar-refractivity contribution is 0.102. The quantitative estimate of drug-likeness (QED) is 0.739. The van der Waals surface area contributed by atoms with E-state index in [1.54, 1.807) is 23.5 Å². The van der Waals surface area contributed by atoms with Gasteiger partial charge in [-0.25, -0.2) is 4.98 Å². The highest BCUT2D eigenvalue weighted by molar-refractivity contribution is 7.59. The number of hydrogen-bond donors (Lipinski definition) is 1. The minimum Gasteiger partial charge on any atom is -0.322 e. The first kappa shape index (κ1) is 19.5. The van der Waals surface area contributed by atoms with Crippen LogP contribution >= 0.6 is 11.3 Å². The average molecular weight is 388 g/mol. The third kappa shape index (κ3) is 5.61. The van der Waals surface area contributed by atoms with Crippen LogP contribution in [0.4, 0.5) is 5.69 Å². The number of anilines is 1. The van der Waals surface area contributed by atoms with Crippen LogP contribution in [0.5, 0.6) is 0 Å². The molecule has 0 radical (unpaired) electrons. The summed E-state index contributed by atoms with van der Waals surface area (Å²) in [6, 6.07) is 17.0. The molecular weight excluding hydrogens is 372 g/mol. The second kappa shape index (κ2) is 9.02. The molecule has 0 spiro atoms. The molecule has 1 amide bonds. The summed E-state index contributed by atoms with van der Waals surface area (Å²) >= 11 is 1.70. The number of thiazole rings is 1. The lowest BCUT2D eigenvalue weighted by Crippen LogP contribution is -2.11. The van der Waals surface area contributed by atoms with Crippen LogP contribution in [0.3, 0.4) is 0 Å². The van der Waals surface area contributed by atoms with Gasteiger partial charge in [-0.2, -0.15) is 0 Å². The molecule has 0 atom stereocenters. The van der Waals surface area contributed by atoms with Gasteiger partial charge in [0.15, 0.2) is 0 Å². The normalized spacial score (nSPS) is 9.77. The fourth-order valence-electron chi connectivity index (χ4n) is 2.30. The number of hydrogen-bond acceptors (Lipinski definition) is 6. The van der Waals surface area contributed by atoms with Crippen molar-refractivity contribution in [2.75, 3.05) is 5.32 Å². The topological polar surface area (TPSA) is 93.2 Å². The molecule has 1 aromatic heterocycles. The summed E-state index contributed by atoms with van der Waals surface area (Å²) in [6.45, 7) is 4.08. The van der Waals surface area contributed by atoms with Crippen molar-refractivity contribution in [3.63, 3.8) is 0 Å². The summed E-state index contributed by atoms with van der Waals surface area (Å²) in [5.41, 5.74) is 3.52. The maximum atomic E-state index is 12.1. The Kier molecular flexibility index (Phi) is 6.76. The summed E-state index contributed by atoms with van der Waals surface area (Å²) in [4.78, 5) is 17.9. The number of benzene rings is 2. The molecule has 1 heterocycles. The van der Waals surface area contributed by atoms with Gasteiger partial charge >= 0.3 is 10.6 Å². The summed E-state index contributed by atoms with van der Waals surface area (Å²) in [7, 11) is -3.11. The molecule has 3 aromatic rings. The van der Waals surface area contributed by atoms with Crippen molar-refractivity contribution in [2.45, 2.75) is 13.8 Å². The van der Waals surface area contributed by atoms with Crippen molar-refractivity contribution < 1.29 is 17.4 Å². The predicted molar refractivity (Wildman–Crippen MR) is 101 cm³/mol. The number of nitrogens with zero attached hydrogens (tertiary/aromatic N) is 1. The molecule has 0 saturated heterocycles. The Morgan fingerprint density at radius 2 is 1.54 bits per heavy atom. The van der Waals surface area contributed by atoms with Crippen LogP contribution < -0.4 is 5.32 Å². The minimum absolute atomic E-state index is 0.103. The van der Waals surface area contributed by atoms with Gasteiger partial charge in [-0.3, -0.25) is 4.79 Å². The minimum atomic E-state index is -3.11. The summed E-state index contributed by atoms with van der Waals surface area (Å²) in [6.07, 6.45) is 0. The highest BCUT2D eigenvalue weighted by Gasteiger charge is 2.09. The van der Waals surface area contributed by atoms with E-state index in [-0.39, 0.29) is 5.91 Å². The van der Waals surface area contributed by atoms with Crippen molar-refractivity contribution in [1.29, 1.82) is 0 Å². The lowest BCUT2D eigenvalue weighted by atomic mass is 10.1. The maximum Gasteiger partial charge on any atom is 0.425 e. The van der Waals surface area contributed by atoms with Gasteiger partial charge in [-0.05, 0) is 38.1 Å². The highest BCUT2D eigenvalue weighted by Crippen LogP contribution is 2.28. The van der Waals surface area contributed by atoms with Gasteiger partial charge in [0.25, 0.3) is 5.91 Å². The van der Waals surface area contributed by atoms with Crippen LogP contribution in [0, 0.1) is 13.8 Å². The Bertz CT molecular complexity index is 989. The number of aromatic nitrogens is 1. The number of rotatable bonds is 3. The molecule has 0 fully saturated rings. The SMILES string of the molecule is Cc1nc(-c2ccc(NC(=O)c3ccccc3)cc2)c(C)s1.O=S(=O)=O. The van der Waals surface area contributed by atoms with Gasteiger partial charge in [0.1, 0.15) is 0 Å². The number of aryl methyl sites for hydroxylation is 2. The third-order valence-electron chi connectivity index (χ3n) is 3.36. The maximum absolute atomic E-state index is 12.1. The van der Waals surface area contributed by atoms with Gasteiger partial charge in [-0.1, -0.05) is 30.3 Å². The molecule has 6 nitrogen and oxygen atoms in total. The second-order valence-corrected chi connectivity index (χ2v) is 7.05. The van der Waals surface area contributed by atoms with E-state index in [9.17, 15) is 4.79 Å². The first-order chi connectivity index (χ1) is 12.4. The van der Waals surface area contributed by atoms with Crippen LogP contribution in [0.1, 0.15) is 20.2 Å². The molecule has 0 saturated carbocycles. The van der Waals surface area contributed by atoms with Crippen molar-refractivity contribution >= 4 is 33.5 Å². The number of carbonyl (C=O) groups excluding carboxylic acids is 1. The number of carbonyl (C=O) groups is 1. The molecule has 0 bridgehead atoms. The smallest absolute Gasteiger partial charge is 0.322 e. The Balaban J connectivity index is 0.000000552. The standard InChI is InChI=1S/C18H16N2OS.O3S/c1-12-17(19-13(2)22-12)14-8-10-16(11-9-14)20-18(21)15-6-4-3-5-7-15;1-4(2)3/h3-11H,1-2H3,(H,20,21);. The number of amides is 1. The van der Waals surface area contributed by atoms with E-state index in [4.69, 9.17) is 12.6 Å². The predicted octanol–water partition coefficient (Wildman–Crippen LogP) is 3.68. The lowest BCUT2D eigenvalue weighted by Gasteiger charge is -2.06. The van der Waals surface area contributed by atoms with Gasteiger partial charge in [0, 0.05) is 21.7 Å². The van der Waals surface area contributed by atoms with E-state index in [0.29, 0.717) is 5.56 Å². The Hall–Kier alpha value is -2.84. The first-order valence-electron chi connectivity index (χ1n) is 7.54. The molecular formula is C18H16N2O4S2. The molecule has 26 heavy (non-hydrogen) atoms. The van der Waals surface area contributed by atoms with Crippen LogP contribution in [0.15, 0.2) is 54.6 Å². The molecule has 3 rings (SSSR count). The molecule has 1 N–H and O–H groups in total. The summed E-state index contributed by atoms with van der Waals surface area (Å²) in [5.74, 6) is -0.103. The van der Waals surface area contributed by atoms with Gasteiger partial charge in [0.2, 0.25) is 0 Å².